The first-order valence-corrected chi connectivity index (χ1v) is 12.3. The maximum absolute atomic E-state index is 13.5. The Morgan fingerprint density at radius 2 is 1.76 bits per heavy atom. The molecule has 4 rings (SSSR count). The van der Waals surface area contributed by atoms with Crippen molar-refractivity contribution in [3.8, 4) is 5.75 Å². The zero-order chi connectivity index (χ0) is 24.5. The van der Waals surface area contributed by atoms with Gasteiger partial charge in [-0.3, -0.25) is 14.5 Å². The maximum Gasteiger partial charge on any atom is 0.294 e. The summed E-state index contributed by atoms with van der Waals surface area (Å²) < 4.78 is 5.92. The van der Waals surface area contributed by atoms with E-state index in [1.807, 2.05) is 43.3 Å². The van der Waals surface area contributed by atoms with Crippen LogP contribution in [0.5, 0.6) is 5.75 Å². The van der Waals surface area contributed by atoms with Crippen molar-refractivity contribution in [3.05, 3.63) is 93.4 Å². The molecule has 3 aromatic rings. The summed E-state index contributed by atoms with van der Waals surface area (Å²) in [6, 6.07) is 17.8. The number of ketones is 1. The number of hydrogen-bond acceptors (Lipinski definition) is 5. The molecule has 0 spiro atoms. The third-order valence-corrected chi connectivity index (χ3v) is 6.75. The Morgan fingerprint density at radius 1 is 1.06 bits per heavy atom. The van der Waals surface area contributed by atoms with Gasteiger partial charge in [0.15, 0.2) is 5.76 Å². The van der Waals surface area contributed by atoms with E-state index in [0.29, 0.717) is 22.9 Å². The van der Waals surface area contributed by atoms with Crippen molar-refractivity contribution in [1.82, 2.24) is 0 Å². The molecule has 1 aromatic heterocycles. The lowest BCUT2D eigenvalue weighted by atomic mass is 9.85. The van der Waals surface area contributed by atoms with Gasteiger partial charge in [0.2, 0.25) is 5.78 Å². The number of carbonyl (C=O) groups excluding carboxylic acids is 2. The van der Waals surface area contributed by atoms with Crippen LogP contribution in [-0.2, 0) is 10.2 Å². The van der Waals surface area contributed by atoms with Gasteiger partial charge in [0.1, 0.15) is 5.75 Å². The second kappa shape index (κ2) is 9.47. The summed E-state index contributed by atoms with van der Waals surface area (Å²) in [6.45, 7) is 8.89. The molecule has 1 aliphatic rings. The number of Topliss-reactive ketones (excluding diaryl/α,β-unsaturated/α-hetero) is 1. The molecular weight excluding hydrogens is 446 g/mol. The van der Waals surface area contributed by atoms with Crippen LogP contribution in [0.4, 0.5) is 5.69 Å². The number of ether oxygens (including phenoxy) is 1. The first-order chi connectivity index (χ1) is 16.2. The number of thiophene rings is 1. The molecule has 6 heteroatoms. The SMILES string of the molecule is CCCOc1ccccc1N1C(=O)C(O)=C(C(=O)c2cccs2)C1c1ccc(C(C)(C)C)cc1. The van der Waals surface area contributed by atoms with E-state index in [-0.39, 0.29) is 16.8 Å². The average Bonchev–Trinajstić information content (AvgIpc) is 3.45. The van der Waals surface area contributed by atoms with Crippen LogP contribution in [0, 0.1) is 0 Å². The predicted molar refractivity (Wildman–Crippen MR) is 136 cm³/mol. The smallest absolute Gasteiger partial charge is 0.294 e. The standard InChI is InChI=1S/C28H29NO4S/c1-5-16-33-21-10-7-6-9-20(21)29-24(18-12-14-19(15-13-18)28(2,3)4)23(26(31)27(29)32)25(30)22-11-8-17-34-22/h6-15,17,24,31H,5,16H2,1-4H3. The summed E-state index contributed by atoms with van der Waals surface area (Å²) in [4.78, 5) is 28.9. The lowest BCUT2D eigenvalue weighted by Gasteiger charge is -2.29. The Balaban J connectivity index is 1.87. The van der Waals surface area contributed by atoms with Gasteiger partial charge in [0, 0.05) is 0 Å². The van der Waals surface area contributed by atoms with Crippen molar-refractivity contribution in [1.29, 1.82) is 0 Å². The van der Waals surface area contributed by atoms with E-state index in [4.69, 9.17) is 4.74 Å². The highest BCUT2D eigenvalue weighted by atomic mass is 32.1. The predicted octanol–water partition coefficient (Wildman–Crippen LogP) is 6.62. The Hall–Kier alpha value is -3.38. The van der Waals surface area contributed by atoms with Gasteiger partial charge >= 0.3 is 0 Å². The number of rotatable bonds is 7. The first kappa shape index (κ1) is 23.8. The van der Waals surface area contributed by atoms with Crippen LogP contribution in [-0.4, -0.2) is 23.4 Å². The van der Waals surface area contributed by atoms with Crippen molar-refractivity contribution >= 4 is 28.7 Å². The Kier molecular flexibility index (Phi) is 6.62. The van der Waals surface area contributed by atoms with E-state index in [2.05, 4.69) is 20.8 Å². The lowest BCUT2D eigenvalue weighted by Crippen LogP contribution is -2.31. The number of anilines is 1. The monoisotopic (exact) mass is 475 g/mol. The molecule has 1 aliphatic heterocycles. The van der Waals surface area contributed by atoms with Crippen LogP contribution in [0.25, 0.3) is 0 Å². The summed E-state index contributed by atoms with van der Waals surface area (Å²) in [6.07, 6.45) is 0.811. The largest absolute Gasteiger partial charge is 0.503 e. The molecule has 1 unspecified atom stereocenters. The second-order valence-corrected chi connectivity index (χ2v) is 10.3. The fourth-order valence-electron chi connectivity index (χ4n) is 4.10. The van der Waals surface area contributed by atoms with E-state index < -0.39 is 17.7 Å². The van der Waals surface area contributed by atoms with Crippen LogP contribution >= 0.6 is 11.3 Å². The minimum Gasteiger partial charge on any atom is -0.503 e. The number of para-hydroxylation sites is 2. The quantitative estimate of drug-likeness (QED) is 0.390. The number of amides is 1. The summed E-state index contributed by atoms with van der Waals surface area (Å²) in [7, 11) is 0. The summed E-state index contributed by atoms with van der Waals surface area (Å²) in [5.41, 5.74) is 2.44. The van der Waals surface area contributed by atoms with Gasteiger partial charge in [-0.15, -0.1) is 11.3 Å². The molecule has 0 radical (unpaired) electrons. The molecule has 0 saturated carbocycles. The van der Waals surface area contributed by atoms with Gasteiger partial charge in [-0.25, -0.2) is 0 Å². The minimum absolute atomic E-state index is 0.0437. The van der Waals surface area contributed by atoms with Gasteiger partial charge in [0.05, 0.1) is 28.8 Å². The molecule has 0 fully saturated rings. The highest BCUT2D eigenvalue weighted by molar-refractivity contribution is 7.12. The molecule has 1 N–H and O–H groups in total. The molecule has 0 aliphatic carbocycles. The molecule has 176 valence electrons. The van der Waals surface area contributed by atoms with E-state index in [0.717, 1.165) is 17.5 Å². The van der Waals surface area contributed by atoms with E-state index in [9.17, 15) is 14.7 Å². The number of benzene rings is 2. The average molecular weight is 476 g/mol. The minimum atomic E-state index is -0.775. The van der Waals surface area contributed by atoms with Gasteiger partial charge < -0.3 is 9.84 Å². The van der Waals surface area contributed by atoms with Crippen LogP contribution in [0.15, 0.2) is 77.4 Å². The fraction of sp³-hybridized carbons (Fsp3) is 0.286. The van der Waals surface area contributed by atoms with Crippen LogP contribution in [0.1, 0.15) is 61.0 Å². The zero-order valence-electron chi connectivity index (χ0n) is 19.9. The molecule has 0 bridgehead atoms. The topological polar surface area (TPSA) is 66.8 Å². The van der Waals surface area contributed by atoms with Crippen LogP contribution in [0.2, 0.25) is 0 Å². The molecule has 5 nitrogen and oxygen atoms in total. The van der Waals surface area contributed by atoms with Crippen molar-refractivity contribution in [2.45, 2.75) is 45.6 Å². The molecule has 2 aromatic carbocycles. The second-order valence-electron chi connectivity index (χ2n) is 9.33. The van der Waals surface area contributed by atoms with E-state index in [1.165, 1.54) is 16.2 Å². The van der Waals surface area contributed by atoms with Crippen molar-refractivity contribution in [2.24, 2.45) is 0 Å². The van der Waals surface area contributed by atoms with Crippen LogP contribution in [0.3, 0.4) is 0 Å². The number of aliphatic hydroxyl groups is 1. The molecule has 1 atom stereocenters. The zero-order valence-corrected chi connectivity index (χ0v) is 20.7. The van der Waals surface area contributed by atoms with E-state index in [1.54, 1.807) is 29.6 Å². The number of hydrogen-bond donors (Lipinski definition) is 1. The summed E-state index contributed by atoms with van der Waals surface area (Å²) in [5.74, 6) is -0.946. The first-order valence-electron chi connectivity index (χ1n) is 11.4. The number of aliphatic hydroxyl groups excluding tert-OH is 1. The van der Waals surface area contributed by atoms with Gasteiger partial charge in [0.25, 0.3) is 5.91 Å². The summed E-state index contributed by atoms with van der Waals surface area (Å²) in [5, 5.41) is 12.8. The fourth-order valence-corrected chi connectivity index (χ4v) is 4.78. The highest BCUT2D eigenvalue weighted by Gasteiger charge is 2.45. The lowest BCUT2D eigenvalue weighted by molar-refractivity contribution is -0.117. The Bertz CT molecular complexity index is 1220. The normalized spacial score (nSPS) is 16.3. The molecule has 1 amide bonds. The van der Waals surface area contributed by atoms with Crippen molar-refractivity contribution in [2.75, 3.05) is 11.5 Å². The Labute approximate surface area is 204 Å². The highest BCUT2D eigenvalue weighted by Crippen LogP contribution is 2.45. The number of carbonyl (C=O) groups is 2. The van der Waals surface area contributed by atoms with Crippen LogP contribution < -0.4 is 9.64 Å². The molecular formula is C28H29NO4S. The van der Waals surface area contributed by atoms with Gasteiger partial charge in [-0.2, -0.15) is 0 Å². The summed E-state index contributed by atoms with van der Waals surface area (Å²) >= 11 is 1.29. The van der Waals surface area contributed by atoms with Crippen molar-refractivity contribution in [3.63, 3.8) is 0 Å². The van der Waals surface area contributed by atoms with E-state index >= 15 is 0 Å². The maximum atomic E-state index is 13.5. The number of nitrogens with zero attached hydrogens (tertiary/aromatic N) is 1. The van der Waals surface area contributed by atoms with Crippen molar-refractivity contribution < 1.29 is 19.4 Å². The van der Waals surface area contributed by atoms with Gasteiger partial charge in [-0.05, 0) is 46.5 Å². The van der Waals surface area contributed by atoms with Gasteiger partial charge in [-0.1, -0.05) is 70.2 Å². The third-order valence-electron chi connectivity index (χ3n) is 5.88. The molecule has 34 heavy (non-hydrogen) atoms. The molecule has 0 saturated heterocycles. The third kappa shape index (κ3) is 4.38. The Morgan fingerprint density at radius 3 is 2.38 bits per heavy atom. The molecule has 2 heterocycles.